The molecule has 1 saturated carbocycles. The highest BCUT2D eigenvalue weighted by Crippen LogP contribution is 2.37. The molecule has 174 valence electrons. The van der Waals surface area contributed by atoms with E-state index < -0.39 is 18.8 Å². The quantitative estimate of drug-likeness (QED) is 0.332. The average Bonchev–Trinajstić information content (AvgIpc) is 3.57. The van der Waals surface area contributed by atoms with E-state index in [1.165, 1.54) is 24.2 Å². The van der Waals surface area contributed by atoms with E-state index in [-0.39, 0.29) is 28.7 Å². The molecule has 34 heavy (non-hydrogen) atoms. The Balaban J connectivity index is 1.72. The van der Waals surface area contributed by atoms with Crippen molar-refractivity contribution in [2.45, 2.75) is 12.8 Å². The first-order chi connectivity index (χ1) is 17.6. The van der Waals surface area contributed by atoms with Gasteiger partial charge in [0.2, 0.25) is 0 Å². The summed E-state index contributed by atoms with van der Waals surface area (Å²) >= 11 is 0. The fourth-order valence-corrected chi connectivity index (χ4v) is 3.28. The van der Waals surface area contributed by atoms with Gasteiger partial charge in [-0.2, -0.15) is 5.10 Å². The van der Waals surface area contributed by atoms with Crippen LogP contribution in [0.3, 0.4) is 0 Å². The van der Waals surface area contributed by atoms with E-state index >= 15 is 0 Å². The number of nitrogens with zero attached hydrogens (tertiary/aromatic N) is 5. The molecule has 0 atom stereocenters. The number of benzene rings is 1. The number of hydrogen-bond acceptors (Lipinski definition) is 9. The largest absolute Gasteiger partial charge is 0.494 e. The summed E-state index contributed by atoms with van der Waals surface area (Å²) in [6.45, 7) is -2.78. The molecule has 3 N–H and O–H groups in total. The molecule has 0 unspecified atom stereocenters. The van der Waals surface area contributed by atoms with Crippen molar-refractivity contribution in [2.24, 2.45) is 13.0 Å². The van der Waals surface area contributed by atoms with Crippen LogP contribution in [-0.4, -0.2) is 56.8 Å². The van der Waals surface area contributed by atoms with Crippen LogP contribution in [-0.2, 0) is 16.6 Å². The Kier molecular flexibility index (Phi) is 5.30. The van der Waals surface area contributed by atoms with Gasteiger partial charge in [0.15, 0.2) is 23.1 Å². The zero-order valence-corrected chi connectivity index (χ0v) is 18.2. The van der Waals surface area contributed by atoms with Crippen molar-refractivity contribution in [3.8, 4) is 17.1 Å². The van der Waals surface area contributed by atoms with E-state index in [1.807, 2.05) is 5.32 Å². The standard InChI is InChI=1S/C22H22N8O4/c1-23-22(33)18-16(9-17(27-28-18)26-21(32)14(10-31)12-7-8-12)25-15-6-4-5-13(19(15)34-3)20-24-11-30(2)29-20/h4-6,9,11-12H,7-8H2,1-3H3,(H,23,33)(H2,25,26,27,32)/i1D3. The molecule has 2 heterocycles. The number of carbonyl (C=O) groups is 2. The van der Waals surface area contributed by atoms with Crippen molar-refractivity contribution < 1.29 is 23.2 Å². The maximum Gasteiger partial charge on any atom is 0.273 e. The van der Waals surface area contributed by atoms with Gasteiger partial charge in [-0.3, -0.25) is 14.3 Å². The second kappa shape index (κ2) is 9.51. The Labute approximate surface area is 198 Å². The molecule has 12 nitrogen and oxygen atoms in total. The van der Waals surface area contributed by atoms with Gasteiger partial charge in [0.1, 0.15) is 17.8 Å². The molecule has 1 aromatic carbocycles. The zero-order chi connectivity index (χ0) is 26.7. The molecular weight excluding hydrogens is 440 g/mol. The Morgan fingerprint density at radius 2 is 2.09 bits per heavy atom. The third-order valence-electron chi connectivity index (χ3n) is 5.03. The number of carbonyl (C=O) groups excluding carboxylic acids is 3. The summed E-state index contributed by atoms with van der Waals surface area (Å²) in [5.74, 6) is 0.446. The highest BCUT2D eigenvalue weighted by atomic mass is 16.5. The van der Waals surface area contributed by atoms with Crippen LogP contribution in [0.4, 0.5) is 17.2 Å². The summed E-state index contributed by atoms with van der Waals surface area (Å²) in [5, 5.41) is 19.3. The Bertz CT molecular complexity index is 1410. The van der Waals surface area contributed by atoms with Gasteiger partial charge in [0.25, 0.3) is 11.8 Å². The smallest absolute Gasteiger partial charge is 0.273 e. The molecule has 1 fully saturated rings. The van der Waals surface area contributed by atoms with Crippen molar-refractivity contribution in [2.75, 3.05) is 24.7 Å². The molecule has 0 saturated heterocycles. The van der Waals surface area contributed by atoms with Gasteiger partial charge in [-0.05, 0) is 25.0 Å². The van der Waals surface area contributed by atoms with Crippen LogP contribution in [0.2, 0.25) is 0 Å². The third-order valence-corrected chi connectivity index (χ3v) is 5.03. The van der Waals surface area contributed by atoms with Crippen LogP contribution in [0.1, 0.15) is 27.4 Å². The zero-order valence-electron chi connectivity index (χ0n) is 21.2. The van der Waals surface area contributed by atoms with Crippen molar-refractivity contribution in [3.05, 3.63) is 41.9 Å². The third kappa shape index (κ3) is 4.62. The monoisotopic (exact) mass is 465 g/mol. The summed E-state index contributed by atoms with van der Waals surface area (Å²) in [4.78, 5) is 40.7. The Morgan fingerprint density at radius 1 is 1.26 bits per heavy atom. The predicted octanol–water partition coefficient (Wildman–Crippen LogP) is 1.49. The number of aromatic nitrogens is 5. The average molecular weight is 465 g/mol. The van der Waals surface area contributed by atoms with Gasteiger partial charge in [-0.15, -0.1) is 10.2 Å². The molecule has 3 aromatic rings. The molecule has 0 bridgehead atoms. The van der Waals surface area contributed by atoms with E-state index in [4.69, 9.17) is 8.85 Å². The first-order valence-corrected chi connectivity index (χ1v) is 10.2. The van der Waals surface area contributed by atoms with Crippen LogP contribution in [0.15, 0.2) is 36.2 Å². The van der Waals surface area contributed by atoms with Crippen LogP contribution in [0.25, 0.3) is 11.4 Å². The van der Waals surface area contributed by atoms with E-state index in [0.717, 1.165) is 0 Å². The number of methoxy groups -OCH3 is 1. The number of para-hydroxylation sites is 1. The molecule has 2 aromatic heterocycles. The van der Waals surface area contributed by atoms with Gasteiger partial charge in [0.05, 0.1) is 24.0 Å². The SMILES string of the molecule is [2H]C([2H])([2H])NC(=O)c1nnc(NC(=O)C(=C=O)C2CC2)cc1Nc1cccc(-c2ncn(C)n2)c1OC. The topological polar surface area (TPSA) is 153 Å². The number of amides is 2. The highest BCUT2D eigenvalue weighted by molar-refractivity contribution is 6.09. The fourth-order valence-electron chi connectivity index (χ4n) is 3.28. The van der Waals surface area contributed by atoms with Crippen molar-refractivity contribution in [1.82, 2.24) is 30.3 Å². The lowest BCUT2D eigenvalue weighted by molar-refractivity contribution is -0.113. The number of nitrogens with one attached hydrogen (secondary N) is 3. The van der Waals surface area contributed by atoms with Gasteiger partial charge < -0.3 is 20.7 Å². The first kappa shape index (κ1) is 18.9. The number of aryl methyl sites for hydroxylation is 1. The lowest BCUT2D eigenvalue weighted by Crippen LogP contribution is -2.23. The summed E-state index contributed by atoms with van der Waals surface area (Å²) < 4.78 is 29.1. The summed E-state index contributed by atoms with van der Waals surface area (Å²) in [6, 6.07) is 6.38. The second-order valence-corrected chi connectivity index (χ2v) is 7.44. The maximum absolute atomic E-state index is 12.7. The molecule has 0 radical (unpaired) electrons. The minimum atomic E-state index is -2.78. The highest BCUT2D eigenvalue weighted by Gasteiger charge is 2.32. The van der Waals surface area contributed by atoms with E-state index in [2.05, 4.69) is 30.9 Å². The summed E-state index contributed by atoms with van der Waals surface area (Å²) in [6.07, 6.45) is 2.95. The lowest BCUT2D eigenvalue weighted by Gasteiger charge is -2.16. The molecule has 12 heteroatoms. The Morgan fingerprint density at radius 3 is 2.74 bits per heavy atom. The van der Waals surface area contributed by atoms with Crippen LogP contribution in [0, 0.1) is 5.92 Å². The van der Waals surface area contributed by atoms with Crippen LogP contribution in [0.5, 0.6) is 5.75 Å². The Hall–Kier alpha value is -4.57. The molecule has 4 rings (SSSR count). The van der Waals surface area contributed by atoms with Gasteiger partial charge in [0, 0.05) is 30.1 Å². The second-order valence-electron chi connectivity index (χ2n) is 7.44. The van der Waals surface area contributed by atoms with Gasteiger partial charge in [-0.1, -0.05) is 6.07 Å². The summed E-state index contributed by atoms with van der Waals surface area (Å²) in [5.41, 5.74) is 0.539. The summed E-state index contributed by atoms with van der Waals surface area (Å²) in [7, 11) is 3.16. The van der Waals surface area contributed by atoms with Gasteiger partial charge in [-0.25, -0.2) is 9.78 Å². The molecular formula is C22H22N8O4. The number of anilines is 3. The normalized spacial score (nSPS) is 14.1. The molecule has 0 aliphatic heterocycles. The number of ether oxygens (including phenoxy) is 1. The predicted molar refractivity (Wildman–Crippen MR) is 122 cm³/mol. The molecule has 2 amide bonds. The van der Waals surface area contributed by atoms with E-state index in [1.54, 1.807) is 31.2 Å². The number of rotatable bonds is 8. The van der Waals surface area contributed by atoms with Crippen molar-refractivity contribution in [1.29, 1.82) is 0 Å². The van der Waals surface area contributed by atoms with E-state index in [0.29, 0.717) is 35.7 Å². The van der Waals surface area contributed by atoms with Crippen molar-refractivity contribution >= 4 is 34.9 Å². The number of hydrogen-bond donors (Lipinski definition) is 3. The minimum Gasteiger partial charge on any atom is -0.494 e. The molecule has 1 aliphatic rings. The lowest BCUT2D eigenvalue weighted by atomic mass is 10.1. The molecule has 1 aliphatic carbocycles. The van der Waals surface area contributed by atoms with Gasteiger partial charge >= 0.3 is 0 Å². The minimum absolute atomic E-state index is 0.0135. The van der Waals surface area contributed by atoms with Crippen molar-refractivity contribution in [3.63, 3.8) is 0 Å². The van der Waals surface area contributed by atoms with E-state index in [9.17, 15) is 14.4 Å². The maximum atomic E-state index is 12.7. The molecule has 0 spiro atoms. The first-order valence-electron chi connectivity index (χ1n) is 11.7. The van der Waals surface area contributed by atoms with Crippen LogP contribution >= 0.6 is 0 Å². The van der Waals surface area contributed by atoms with Crippen LogP contribution < -0.4 is 20.7 Å². The fraction of sp³-hybridized carbons (Fsp3) is 0.273.